The van der Waals surface area contributed by atoms with Crippen molar-refractivity contribution in [2.45, 2.75) is 30.6 Å². The van der Waals surface area contributed by atoms with Gasteiger partial charge in [-0.3, -0.25) is 9.59 Å². The van der Waals surface area contributed by atoms with E-state index in [1.807, 2.05) is 4.72 Å². The third kappa shape index (κ3) is 6.95. The van der Waals surface area contributed by atoms with Gasteiger partial charge in [0, 0.05) is 12.1 Å². The van der Waals surface area contributed by atoms with Gasteiger partial charge in [0.05, 0.1) is 17.6 Å². The van der Waals surface area contributed by atoms with E-state index in [0.29, 0.717) is 17.4 Å². The van der Waals surface area contributed by atoms with Crippen LogP contribution in [0.2, 0.25) is 0 Å². The molecule has 1 unspecified atom stereocenters. The van der Waals surface area contributed by atoms with E-state index in [-0.39, 0.29) is 6.54 Å². The maximum absolute atomic E-state index is 12.8. The highest BCUT2D eigenvalue weighted by Gasteiger charge is 2.31. The average molecular weight is 474 g/mol. The summed E-state index contributed by atoms with van der Waals surface area (Å²) in [6, 6.07) is 10.0. The standard InChI is InChI=1S/C20H21F3N2O6S/c1-13(19(27)24-11-14-6-3-4-9-17(14)30-2)31-18(26)12-25-32(28,29)16-8-5-7-15(10-16)20(21,22)23/h3-10,13,25H,11-12H2,1-2H3,(H,24,27). The molecule has 0 radical (unpaired) electrons. The second kappa shape index (κ2) is 10.5. The summed E-state index contributed by atoms with van der Waals surface area (Å²) in [7, 11) is -2.94. The van der Waals surface area contributed by atoms with Crippen molar-refractivity contribution in [3.8, 4) is 5.75 Å². The summed E-state index contributed by atoms with van der Waals surface area (Å²) in [6.07, 6.45) is -5.97. The normalized spacial score (nSPS) is 12.7. The van der Waals surface area contributed by atoms with E-state index >= 15 is 0 Å². The van der Waals surface area contributed by atoms with Crippen LogP contribution in [0.4, 0.5) is 13.2 Å². The highest BCUT2D eigenvalue weighted by atomic mass is 32.2. The number of carbonyl (C=O) groups excluding carboxylic acids is 2. The summed E-state index contributed by atoms with van der Waals surface area (Å²) < 4.78 is 74.6. The molecule has 12 heteroatoms. The first-order valence-corrected chi connectivity index (χ1v) is 10.7. The van der Waals surface area contributed by atoms with Gasteiger partial charge >= 0.3 is 12.1 Å². The van der Waals surface area contributed by atoms with E-state index in [1.165, 1.54) is 14.0 Å². The SMILES string of the molecule is COc1ccccc1CNC(=O)C(C)OC(=O)CNS(=O)(=O)c1cccc(C(F)(F)F)c1. The molecule has 0 saturated carbocycles. The average Bonchev–Trinajstić information content (AvgIpc) is 2.75. The molecule has 0 saturated heterocycles. The fourth-order valence-corrected chi connectivity index (χ4v) is 3.56. The third-order valence-corrected chi connectivity index (χ3v) is 5.60. The van der Waals surface area contributed by atoms with Crippen LogP contribution >= 0.6 is 0 Å². The first-order chi connectivity index (χ1) is 14.9. The predicted molar refractivity (Wildman–Crippen MR) is 107 cm³/mol. The van der Waals surface area contributed by atoms with Crippen LogP contribution in [0.3, 0.4) is 0 Å². The molecule has 0 aliphatic rings. The smallest absolute Gasteiger partial charge is 0.416 e. The van der Waals surface area contributed by atoms with Crippen molar-refractivity contribution in [3.63, 3.8) is 0 Å². The maximum atomic E-state index is 12.8. The number of methoxy groups -OCH3 is 1. The monoisotopic (exact) mass is 474 g/mol. The van der Waals surface area contributed by atoms with Crippen molar-refractivity contribution in [1.29, 1.82) is 0 Å². The molecule has 1 atom stereocenters. The van der Waals surface area contributed by atoms with Crippen LogP contribution in [0.25, 0.3) is 0 Å². The Kier molecular flexibility index (Phi) is 8.22. The number of esters is 1. The summed E-state index contributed by atoms with van der Waals surface area (Å²) in [6.45, 7) is 0.520. The molecule has 32 heavy (non-hydrogen) atoms. The molecule has 8 nitrogen and oxygen atoms in total. The lowest BCUT2D eigenvalue weighted by atomic mass is 10.2. The zero-order valence-electron chi connectivity index (χ0n) is 17.1. The van der Waals surface area contributed by atoms with Gasteiger partial charge in [0.15, 0.2) is 6.10 Å². The fourth-order valence-electron chi connectivity index (χ4n) is 2.54. The van der Waals surface area contributed by atoms with Gasteiger partial charge in [-0.2, -0.15) is 17.9 Å². The zero-order chi connectivity index (χ0) is 23.9. The van der Waals surface area contributed by atoms with Crippen molar-refractivity contribution in [2.24, 2.45) is 0 Å². The molecule has 2 rings (SSSR count). The Morgan fingerprint density at radius 2 is 1.78 bits per heavy atom. The van der Waals surface area contributed by atoms with Gasteiger partial charge in [-0.05, 0) is 31.2 Å². The highest BCUT2D eigenvalue weighted by Crippen LogP contribution is 2.30. The van der Waals surface area contributed by atoms with Gasteiger partial charge in [0.2, 0.25) is 10.0 Å². The summed E-state index contributed by atoms with van der Waals surface area (Å²) in [5.41, 5.74) is -0.459. The largest absolute Gasteiger partial charge is 0.496 e. The van der Waals surface area contributed by atoms with Gasteiger partial charge in [0.25, 0.3) is 5.91 Å². The molecule has 2 N–H and O–H groups in total. The summed E-state index contributed by atoms with van der Waals surface area (Å²) in [4.78, 5) is 23.4. The van der Waals surface area contributed by atoms with E-state index < -0.39 is 51.2 Å². The number of rotatable bonds is 9. The number of para-hydroxylation sites is 1. The molecular weight excluding hydrogens is 453 g/mol. The molecule has 0 heterocycles. The molecule has 2 aromatic rings. The minimum Gasteiger partial charge on any atom is -0.496 e. The Hall–Kier alpha value is -3.12. The van der Waals surface area contributed by atoms with Crippen LogP contribution in [-0.2, 0) is 37.1 Å². The molecule has 0 aliphatic carbocycles. The van der Waals surface area contributed by atoms with E-state index in [1.54, 1.807) is 24.3 Å². The van der Waals surface area contributed by atoms with Crippen LogP contribution < -0.4 is 14.8 Å². The molecule has 1 amide bonds. The lowest BCUT2D eigenvalue weighted by molar-refractivity contribution is -0.153. The minimum absolute atomic E-state index is 0.104. The first kappa shape index (κ1) is 25.1. The van der Waals surface area contributed by atoms with Gasteiger partial charge in [-0.15, -0.1) is 0 Å². The Morgan fingerprint density at radius 3 is 2.44 bits per heavy atom. The second-order valence-corrected chi connectivity index (χ2v) is 8.28. The van der Waals surface area contributed by atoms with Gasteiger partial charge in [-0.25, -0.2) is 8.42 Å². The van der Waals surface area contributed by atoms with Gasteiger partial charge < -0.3 is 14.8 Å². The van der Waals surface area contributed by atoms with Crippen LogP contribution in [0, 0.1) is 0 Å². The second-order valence-electron chi connectivity index (χ2n) is 6.51. The Labute approximate surface area is 182 Å². The summed E-state index contributed by atoms with van der Waals surface area (Å²) in [5.74, 6) is -1.16. The van der Waals surface area contributed by atoms with Crippen molar-refractivity contribution in [3.05, 3.63) is 59.7 Å². The highest BCUT2D eigenvalue weighted by molar-refractivity contribution is 7.89. The number of amides is 1. The molecule has 2 aromatic carbocycles. The topological polar surface area (TPSA) is 111 Å². The molecule has 0 fully saturated rings. The molecule has 0 aliphatic heterocycles. The van der Waals surface area contributed by atoms with Crippen LogP contribution in [0.1, 0.15) is 18.1 Å². The van der Waals surface area contributed by atoms with Crippen LogP contribution in [0.15, 0.2) is 53.4 Å². The molecule has 0 bridgehead atoms. The summed E-state index contributed by atoms with van der Waals surface area (Å²) >= 11 is 0. The van der Waals surface area contributed by atoms with Gasteiger partial charge in [-0.1, -0.05) is 24.3 Å². The number of halogens is 3. The number of carbonyl (C=O) groups is 2. The number of alkyl halides is 3. The third-order valence-electron chi connectivity index (χ3n) is 4.20. The molecular formula is C20H21F3N2O6S. The quantitative estimate of drug-likeness (QED) is 0.540. The lowest BCUT2D eigenvalue weighted by Crippen LogP contribution is -2.38. The minimum atomic E-state index is -4.73. The van der Waals surface area contributed by atoms with Crippen LogP contribution in [-0.4, -0.2) is 40.1 Å². The molecule has 0 spiro atoms. The van der Waals surface area contributed by atoms with Crippen molar-refractivity contribution < 1.29 is 40.7 Å². The number of hydrogen-bond donors (Lipinski definition) is 2. The summed E-state index contributed by atoms with van der Waals surface area (Å²) in [5, 5.41) is 2.56. The number of ether oxygens (including phenoxy) is 2. The number of hydrogen-bond acceptors (Lipinski definition) is 6. The van der Waals surface area contributed by atoms with E-state index in [2.05, 4.69) is 5.32 Å². The van der Waals surface area contributed by atoms with E-state index in [4.69, 9.17) is 9.47 Å². The predicted octanol–water partition coefficient (Wildman–Crippen LogP) is 2.24. The van der Waals surface area contributed by atoms with Crippen LogP contribution in [0.5, 0.6) is 5.75 Å². The molecule has 174 valence electrons. The Balaban J connectivity index is 1.89. The Bertz CT molecular complexity index is 1070. The number of benzene rings is 2. The lowest BCUT2D eigenvalue weighted by Gasteiger charge is -2.15. The molecule has 0 aromatic heterocycles. The Morgan fingerprint density at radius 1 is 1.09 bits per heavy atom. The zero-order valence-corrected chi connectivity index (χ0v) is 17.9. The van der Waals surface area contributed by atoms with Crippen molar-refractivity contribution in [1.82, 2.24) is 10.0 Å². The first-order valence-electron chi connectivity index (χ1n) is 9.20. The van der Waals surface area contributed by atoms with Crippen molar-refractivity contribution in [2.75, 3.05) is 13.7 Å². The maximum Gasteiger partial charge on any atom is 0.416 e. The fraction of sp³-hybridized carbons (Fsp3) is 0.300. The van der Waals surface area contributed by atoms with Gasteiger partial charge in [0.1, 0.15) is 12.3 Å². The number of nitrogens with one attached hydrogen (secondary N) is 2. The van der Waals surface area contributed by atoms with Crippen molar-refractivity contribution >= 4 is 21.9 Å². The van der Waals surface area contributed by atoms with E-state index in [9.17, 15) is 31.2 Å². The number of sulfonamides is 1. The van der Waals surface area contributed by atoms with E-state index in [0.717, 1.165) is 18.2 Å².